The molecular weight excluding hydrogens is 1040 g/mol. The summed E-state index contributed by atoms with van der Waals surface area (Å²) in [6.45, 7) is 3.82. The van der Waals surface area contributed by atoms with E-state index in [2.05, 4.69) is 38.2 Å². The lowest BCUT2D eigenvalue weighted by Gasteiger charge is -2.19. The molecule has 0 heterocycles. The Kier molecular flexibility index (Phi) is 67.3. The first-order chi connectivity index (χ1) is 40.3. The number of hydrogen-bond donors (Lipinski definition) is 2. The second kappa shape index (κ2) is 68.6. The molecular formula is C72H140NO8P. The summed E-state index contributed by atoms with van der Waals surface area (Å²) in [5.41, 5.74) is 5.41. The van der Waals surface area contributed by atoms with Gasteiger partial charge in [0.05, 0.1) is 13.2 Å². The Balaban J connectivity index is 3.78. The van der Waals surface area contributed by atoms with Crippen molar-refractivity contribution in [2.24, 2.45) is 5.73 Å². The first-order valence-corrected chi connectivity index (χ1v) is 37.8. The van der Waals surface area contributed by atoms with Crippen LogP contribution in [0.5, 0.6) is 0 Å². The Hall–Kier alpha value is -1.51. The van der Waals surface area contributed by atoms with Crippen molar-refractivity contribution in [2.45, 2.75) is 399 Å². The van der Waals surface area contributed by atoms with Crippen molar-refractivity contribution in [1.29, 1.82) is 0 Å². The molecule has 0 bridgehead atoms. The maximum absolute atomic E-state index is 12.8. The van der Waals surface area contributed by atoms with Gasteiger partial charge in [-0.1, -0.05) is 359 Å². The van der Waals surface area contributed by atoms with Gasteiger partial charge in [-0.2, -0.15) is 0 Å². The number of unbranched alkanes of at least 4 members (excludes halogenated alkanes) is 53. The predicted octanol–water partition coefficient (Wildman–Crippen LogP) is 23.7. The summed E-state index contributed by atoms with van der Waals surface area (Å²) >= 11 is 0. The maximum atomic E-state index is 12.8. The molecule has 0 aliphatic rings. The molecule has 82 heavy (non-hydrogen) atoms. The van der Waals surface area contributed by atoms with Crippen molar-refractivity contribution >= 4 is 19.8 Å². The van der Waals surface area contributed by atoms with Gasteiger partial charge in [0.1, 0.15) is 6.61 Å². The molecule has 0 radical (unpaired) electrons. The molecule has 0 aliphatic carbocycles. The summed E-state index contributed by atoms with van der Waals surface area (Å²) in [7, 11) is -4.39. The van der Waals surface area contributed by atoms with E-state index in [4.69, 9.17) is 24.3 Å². The zero-order valence-corrected chi connectivity index (χ0v) is 55.7. The highest BCUT2D eigenvalue weighted by molar-refractivity contribution is 7.47. The SMILES string of the molecule is CCCCCCC/C=C\C/C=C\CCCCCCCCCCCCCCCCCCCCCCCCCC(=O)OC(COC(=O)CCCCCCCCCCCCCCCCCCCCCCCCCCCC)COP(=O)(O)OCCN. The third-order valence-electron chi connectivity index (χ3n) is 16.6. The number of phosphoric ester groups is 1. The van der Waals surface area contributed by atoms with Gasteiger partial charge >= 0.3 is 19.8 Å². The molecule has 2 unspecified atom stereocenters. The van der Waals surface area contributed by atoms with Crippen molar-refractivity contribution < 1.29 is 37.6 Å². The molecule has 10 heteroatoms. The van der Waals surface area contributed by atoms with Crippen LogP contribution in [0, 0.1) is 0 Å². The fourth-order valence-electron chi connectivity index (χ4n) is 11.2. The molecule has 9 nitrogen and oxygen atoms in total. The maximum Gasteiger partial charge on any atom is 0.472 e. The molecule has 2 atom stereocenters. The molecule has 0 aromatic heterocycles. The van der Waals surface area contributed by atoms with Gasteiger partial charge < -0.3 is 20.1 Å². The van der Waals surface area contributed by atoms with Gasteiger partial charge in [0.15, 0.2) is 6.10 Å². The number of hydrogen-bond acceptors (Lipinski definition) is 8. The summed E-state index contributed by atoms with van der Waals surface area (Å²) in [6.07, 6.45) is 84.3. The summed E-state index contributed by atoms with van der Waals surface area (Å²) < 4.78 is 33.2. The molecule has 0 aliphatic heterocycles. The van der Waals surface area contributed by atoms with Gasteiger partial charge in [0.2, 0.25) is 0 Å². The minimum Gasteiger partial charge on any atom is -0.462 e. The minimum absolute atomic E-state index is 0.0574. The molecule has 0 saturated carbocycles. The number of allylic oxidation sites excluding steroid dienone is 4. The van der Waals surface area contributed by atoms with E-state index in [0.29, 0.717) is 6.42 Å². The van der Waals surface area contributed by atoms with E-state index in [1.54, 1.807) is 0 Å². The van der Waals surface area contributed by atoms with E-state index in [0.717, 1.165) is 38.5 Å². The number of phosphoric acid groups is 1. The lowest BCUT2D eigenvalue weighted by Crippen LogP contribution is -2.29. The van der Waals surface area contributed by atoms with Crippen LogP contribution in [0.2, 0.25) is 0 Å². The molecule has 0 aromatic carbocycles. The number of carbonyl (C=O) groups excluding carboxylic acids is 2. The van der Waals surface area contributed by atoms with Gasteiger partial charge in [0, 0.05) is 19.4 Å². The Labute approximate surface area is 510 Å². The molecule has 0 fully saturated rings. The minimum atomic E-state index is -4.39. The zero-order chi connectivity index (χ0) is 59.4. The second-order valence-corrected chi connectivity index (χ2v) is 26.3. The van der Waals surface area contributed by atoms with Gasteiger partial charge in [-0.25, -0.2) is 4.57 Å². The molecule has 0 spiro atoms. The number of esters is 2. The first kappa shape index (κ1) is 80.5. The number of rotatable bonds is 70. The normalized spacial score (nSPS) is 13.0. The Morgan fingerprint density at radius 3 is 0.927 bits per heavy atom. The number of carbonyl (C=O) groups is 2. The van der Waals surface area contributed by atoms with Crippen molar-refractivity contribution in [2.75, 3.05) is 26.4 Å². The lowest BCUT2D eigenvalue weighted by atomic mass is 10.0. The van der Waals surface area contributed by atoms with E-state index in [1.807, 2.05) is 0 Å². The number of ether oxygens (including phenoxy) is 2. The first-order valence-electron chi connectivity index (χ1n) is 36.3. The van der Waals surface area contributed by atoms with Crippen molar-refractivity contribution in [1.82, 2.24) is 0 Å². The van der Waals surface area contributed by atoms with Crippen molar-refractivity contribution in [3.63, 3.8) is 0 Å². The highest BCUT2D eigenvalue weighted by atomic mass is 31.2. The third-order valence-corrected chi connectivity index (χ3v) is 17.6. The van der Waals surface area contributed by atoms with E-state index in [1.165, 1.54) is 321 Å². The van der Waals surface area contributed by atoms with Gasteiger partial charge in [-0.3, -0.25) is 18.6 Å². The van der Waals surface area contributed by atoms with Crippen LogP contribution in [0.1, 0.15) is 393 Å². The van der Waals surface area contributed by atoms with E-state index in [9.17, 15) is 19.0 Å². The standard InChI is InChI=1S/C72H140NO8P/c1-3-5-7-9-11-13-15-17-19-21-23-25-27-29-31-32-33-34-35-36-37-38-39-41-43-45-47-49-51-53-55-57-59-61-63-65-72(75)81-70(69-80-82(76,77)79-67-66-73)68-78-71(74)64-62-60-58-56-54-52-50-48-46-44-42-40-30-28-26-24-22-20-18-16-14-12-10-8-6-4-2/h15,17,21,23,70H,3-14,16,18-20,22,24-69,73H2,1-2H3,(H,76,77)/b17-15-,23-21-. The van der Waals surface area contributed by atoms with Crippen LogP contribution in [0.4, 0.5) is 0 Å². The molecule has 0 aromatic rings. The summed E-state index contributed by atoms with van der Waals surface area (Å²) in [4.78, 5) is 35.4. The quantitative estimate of drug-likeness (QED) is 0.0264. The monoisotopic (exact) mass is 1180 g/mol. The number of nitrogens with two attached hydrogens (primary N) is 1. The van der Waals surface area contributed by atoms with Gasteiger partial charge in [-0.05, 0) is 44.9 Å². The summed E-state index contributed by atoms with van der Waals surface area (Å²) in [5.74, 6) is -0.800. The average molecular weight is 1180 g/mol. The van der Waals surface area contributed by atoms with Crippen LogP contribution < -0.4 is 5.73 Å². The van der Waals surface area contributed by atoms with Crippen LogP contribution in [0.25, 0.3) is 0 Å². The fraction of sp³-hybridized carbons (Fsp3) is 0.917. The Morgan fingerprint density at radius 1 is 0.366 bits per heavy atom. The van der Waals surface area contributed by atoms with Crippen LogP contribution in [-0.4, -0.2) is 49.3 Å². The lowest BCUT2D eigenvalue weighted by molar-refractivity contribution is -0.161. The van der Waals surface area contributed by atoms with Crippen LogP contribution in [0.3, 0.4) is 0 Å². The van der Waals surface area contributed by atoms with E-state index >= 15 is 0 Å². The molecule has 486 valence electrons. The van der Waals surface area contributed by atoms with E-state index in [-0.39, 0.29) is 38.6 Å². The molecule has 0 saturated heterocycles. The third kappa shape index (κ3) is 67.6. The van der Waals surface area contributed by atoms with Gasteiger partial charge in [-0.15, -0.1) is 0 Å². The average Bonchev–Trinajstić information content (AvgIpc) is 3.49. The van der Waals surface area contributed by atoms with Gasteiger partial charge in [0.25, 0.3) is 0 Å². The van der Waals surface area contributed by atoms with Crippen molar-refractivity contribution in [3.8, 4) is 0 Å². The zero-order valence-electron chi connectivity index (χ0n) is 54.8. The smallest absolute Gasteiger partial charge is 0.462 e. The molecule has 0 rings (SSSR count). The molecule has 3 N–H and O–H groups in total. The van der Waals surface area contributed by atoms with Crippen LogP contribution in [-0.2, 0) is 32.7 Å². The van der Waals surface area contributed by atoms with Crippen LogP contribution >= 0.6 is 7.82 Å². The highest BCUT2D eigenvalue weighted by Gasteiger charge is 2.26. The van der Waals surface area contributed by atoms with E-state index < -0.39 is 26.5 Å². The Morgan fingerprint density at radius 2 is 0.634 bits per heavy atom. The fourth-order valence-corrected chi connectivity index (χ4v) is 12.0. The molecule has 0 amide bonds. The second-order valence-electron chi connectivity index (χ2n) is 24.8. The predicted molar refractivity (Wildman–Crippen MR) is 354 cm³/mol. The van der Waals surface area contributed by atoms with Crippen LogP contribution in [0.15, 0.2) is 24.3 Å². The topological polar surface area (TPSA) is 134 Å². The largest absolute Gasteiger partial charge is 0.472 e. The summed E-state index contributed by atoms with van der Waals surface area (Å²) in [5, 5.41) is 0. The highest BCUT2D eigenvalue weighted by Crippen LogP contribution is 2.43. The summed E-state index contributed by atoms with van der Waals surface area (Å²) in [6, 6.07) is 0. The van der Waals surface area contributed by atoms with Crippen molar-refractivity contribution in [3.05, 3.63) is 24.3 Å². The Bertz CT molecular complexity index is 1390.